The van der Waals surface area contributed by atoms with E-state index in [4.69, 9.17) is 18.9 Å². The van der Waals surface area contributed by atoms with Gasteiger partial charge in [-0.3, -0.25) is 14.4 Å². The number of nitrogens with zero attached hydrogens (tertiary/aromatic N) is 1. The second-order valence-electron chi connectivity index (χ2n) is 14.4. The van der Waals surface area contributed by atoms with Gasteiger partial charge in [0.2, 0.25) is 11.8 Å². The van der Waals surface area contributed by atoms with Gasteiger partial charge >= 0.3 is 12.1 Å². The number of rotatable bonds is 22. The summed E-state index contributed by atoms with van der Waals surface area (Å²) < 4.78 is 60.2. The highest BCUT2D eigenvalue weighted by Crippen LogP contribution is 2.44. The Morgan fingerprint density at radius 2 is 1.11 bits per heavy atom. The van der Waals surface area contributed by atoms with Crippen molar-refractivity contribution in [3.05, 3.63) is 89.5 Å². The fourth-order valence-electron chi connectivity index (χ4n) is 7.01. The number of alkyl halides is 3. The molecule has 0 aromatic heterocycles. The molecule has 0 unspecified atom stereocenters. The Morgan fingerprint density at radius 3 is 1.53 bits per heavy atom. The lowest BCUT2D eigenvalue weighted by molar-refractivity contribution is -0.173. The Balaban J connectivity index is 1.29. The molecule has 57 heavy (non-hydrogen) atoms. The highest BCUT2D eigenvalue weighted by atomic mass is 19.4. The van der Waals surface area contributed by atoms with Gasteiger partial charge in [0.25, 0.3) is 0 Å². The monoisotopic (exact) mass is 799 g/mol. The zero-order valence-electron chi connectivity index (χ0n) is 33.1. The molecule has 0 radical (unpaired) electrons. The zero-order chi connectivity index (χ0) is 41.3. The van der Waals surface area contributed by atoms with E-state index in [1.807, 2.05) is 83.0 Å². The van der Waals surface area contributed by atoms with Gasteiger partial charge in [-0.2, -0.15) is 13.2 Å². The topological polar surface area (TPSA) is 136 Å². The summed E-state index contributed by atoms with van der Waals surface area (Å²) in [5.74, 6) is 0.0830. The lowest BCUT2D eigenvalue weighted by Gasteiger charge is -2.44. The van der Waals surface area contributed by atoms with Crippen molar-refractivity contribution in [3.63, 3.8) is 0 Å². The molecule has 14 heteroatoms. The fraction of sp³-hybridized carbons (Fsp3) is 0.512. The van der Waals surface area contributed by atoms with Crippen LogP contribution in [0.5, 0.6) is 17.2 Å². The number of ether oxygens (including phenoxy) is 4. The molecule has 4 rings (SSSR count). The molecule has 3 aromatic carbocycles. The average molecular weight is 800 g/mol. The van der Waals surface area contributed by atoms with Gasteiger partial charge in [0.15, 0.2) is 0 Å². The molecule has 0 spiro atoms. The smallest absolute Gasteiger partial charge is 0.471 e. The predicted octanol–water partition coefficient (Wildman–Crippen LogP) is 6.54. The normalized spacial score (nSPS) is 14.1. The number of aliphatic hydroxyl groups is 1. The van der Waals surface area contributed by atoms with E-state index in [0.717, 1.165) is 23.1 Å². The van der Waals surface area contributed by atoms with Gasteiger partial charge in [-0.15, -0.1) is 0 Å². The van der Waals surface area contributed by atoms with Crippen molar-refractivity contribution in [3.8, 4) is 17.2 Å². The third kappa shape index (κ3) is 12.6. The summed E-state index contributed by atoms with van der Waals surface area (Å²) in [7, 11) is 4.86. The summed E-state index contributed by atoms with van der Waals surface area (Å²) in [5.41, 5.74) is 0.935. The molecule has 312 valence electrons. The number of unbranched alkanes of at least 4 members (excludes halogenated alkanes) is 4. The van der Waals surface area contributed by atoms with Crippen molar-refractivity contribution in [2.24, 2.45) is 5.41 Å². The first kappa shape index (κ1) is 44.9. The van der Waals surface area contributed by atoms with Crippen LogP contribution in [-0.2, 0) is 24.7 Å². The van der Waals surface area contributed by atoms with Crippen molar-refractivity contribution in [2.45, 2.75) is 76.0 Å². The van der Waals surface area contributed by atoms with E-state index in [9.17, 15) is 32.7 Å². The molecule has 1 heterocycles. The maximum absolute atomic E-state index is 13.2. The lowest BCUT2D eigenvalue weighted by Crippen LogP contribution is -2.48. The van der Waals surface area contributed by atoms with Gasteiger partial charge in [0, 0.05) is 44.4 Å². The SMILES string of the molecule is COc1ccc(C(OCC2(CO)CCN(C(=O)CCCCCNC(=O)CCCCCNC(=O)C(F)(F)F)CC2)(c2ccc(OC)cc2)c2ccc(OC)cc2)cc1. The Morgan fingerprint density at radius 1 is 0.667 bits per heavy atom. The first-order valence-corrected chi connectivity index (χ1v) is 19.5. The van der Waals surface area contributed by atoms with Crippen LogP contribution in [-0.4, -0.2) is 94.6 Å². The molecule has 0 aliphatic carbocycles. The Hall–Kier alpha value is -4.82. The van der Waals surface area contributed by atoms with Crippen molar-refractivity contribution in [2.75, 3.05) is 60.7 Å². The summed E-state index contributed by atoms with van der Waals surface area (Å²) in [4.78, 5) is 38.0. The van der Waals surface area contributed by atoms with E-state index < -0.39 is 23.1 Å². The maximum Gasteiger partial charge on any atom is 0.471 e. The van der Waals surface area contributed by atoms with Crippen LogP contribution >= 0.6 is 0 Å². The molecule has 1 fully saturated rings. The largest absolute Gasteiger partial charge is 0.497 e. The number of carbonyl (C=O) groups excluding carboxylic acids is 3. The highest BCUT2D eigenvalue weighted by molar-refractivity contribution is 5.81. The van der Waals surface area contributed by atoms with E-state index >= 15 is 0 Å². The summed E-state index contributed by atoms with van der Waals surface area (Å²) in [6, 6.07) is 23.3. The van der Waals surface area contributed by atoms with E-state index in [-0.39, 0.29) is 38.0 Å². The van der Waals surface area contributed by atoms with Crippen LogP contribution in [0, 0.1) is 5.41 Å². The molecule has 11 nitrogen and oxygen atoms in total. The summed E-state index contributed by atoms with van der Waals surface area (Å²) >= 11 is 0. The van der Waals surface area contributed by atoms with Crippen molar-refractivity contribution in [1.29, 1.82) is 0 Å². The molecule has 1 saturated heterocycles. The molecule has 0 bridgehead atoms. The molecular formula is C43H56F3N3O8. The second-order valence-corrected chi connectivity index (χ2v) is 14.4. The van der Waals surface area contributed by atoms with Gasteiger partial charge < -0.3 is 39.6 Å². The quantitative estimate of drug-likeness (QED) is 0.0771. The summed E-state index contributed by atoms with van der Waals surface area (Å²) in [5, 5.41) is 15.5. The van der Waals surface area contributed by atoms with Crippen LogP contribution in [0.25, 0.3) is 0 Å². The third-order valence-electron chi connectivity index (χ3n) is 10.6. The van der Waals surface area contributed by atoms with E-state index in [1.54, 1.807) is 21.3 Å². The van der Waals surface area contributed by atoms with Crippen molar-refractivity contribution < 1.29 is 51.6 Å². The van der Waals surface area contributed by atoms with Gasteiger partial charge in [-0.05, 0) is 91.6 Å². The zero-order valence-corrected chi connectivity index (χ0v) is 33.1. The molecule has 3 aromatic rings. The van der Waals surface area contributed by atoms with Crippen molar-refractivity contribution >= 4 is 17.7 Å². The number of nitrogens with one attached hydrogen (secondary N) is 2. The minimum atomic E-state index is -4.89. The van der Waals surface area contributed by atoms with Gasteiger partial charge in [0.1, 0.15) is 22.8 Å². The minimum absolute atomic E-state index is 0.0574. The minimum Gasteiger partial charge on any atom is -0.497 e. The molecule has 1 aliphatic heterocycles. The van der Waals surface area contributed by atoms with Crippen LogP contribution in [0.2, 0.25) is 0 Å². The molecule has 3 amide bonds. The van der Waals surface area contributed by atoms with E-state index in [2.05, 4.69) is 5.32 Å². The van der Waals surface area contributed by atoms with Crippen LogP contribution in [0.4, 0.5) is 13.2 Å². The van der Waals surface area contributed by atoms with E-state index in [1.165, 1.54) is 0 Å². The highest BCUT2D eigenvalue weighted by Gasteiger charge is 2.43. The number of hydrogen-bond donors (Lipinski definition) is 3. The van der Waals surface area contributed by atoms with Crippen LogP contribution in [0.3, 0.4) is 0 Å². The van der Waals surface area contributed by atoms with Crippen LogP contribution < -0.4 is 24.8 Å². The Labute approximate surface area is 333 Å². The number of amides is 3. The Kier molecular flexibility index (Phi) is 17.0. The van der Waals surface area contributed by atoms with Crippen molar-refractivity contribution in [1.82, 2.24) is 15.5 Å². The number of benzene rings is 3. The fourth-order valence-corrected chi connectivity index (χ4v) is 7.01. The number of piperidine rings is 1. The predicted molar refractivity (Wildman–Crippen MR) is 209 cm³/mol. The number of methoxy groups -OCH3 is 3. The molecule has 1 aliphatic rings. The summed E-state index contributed by atoms with van der Waals surface area (Å²) in [6.07, 6.45) is 0.420. The number of halogens is 3. The van der Waals surface area contributed by atoms with E-state index in [0.29, 0.717) is 88.2 Å². The van der Waals surface area contributed by atoms with Gasteiger partial charge in [-0.1, -0.05) is 49.2 Å². The maximum atomic E-state index is 13.2. The molecule has 0 saturated carbocycles. The Bertz CT molecular complexity index is 1580. The number of aliphatic hydroxyl groups excluding tert-OH is 1. The molecule has 0 atom stereocenters. The lowest BCUT2D eigenvalue weighted by atomic mass is 9.77. The number of carbonyl (C=O) groups is 3. The van der Waals surface area contributed by atoms with Gasteiger partial charge in [0.05, 0.1) is 34.5 Å². The first-order valence-electron chi connectivity index (χ1n) is 19.5. The standard InChI is InChI=1S/C43H56F3N3O8/c1-54-35-18-12-32(13-19-35)42(33-14-20-36(55-2)21-15-33,34-16-22-37(56-3)23-17-34)57-31-41(30-50)24-28-49(29-25-41)39(52)11-7-5-8-26-47-38(51)10-6-4-9-27-48-40(53)43(44,45)46/h12-23,50H,4-11,24-31H2,1-3H3,(H,47,51)(H,48,53). The van der Waals surface area contributed by atoms with Gasteiger partial charge in [-0.25, -0.2) is 0 Å². The number of hydrogen-bond acceptors (Lipinski definition) is 8. The molecular weight excluding hydrogens is 743 g/mol. The average Bonchev–Trinajstić information content (AvgIpc) is 3.23. The summed E-state index contributed by atoms with van der Waals surface area (Å²) in [6.45, 7) is 1.49. The van der Waals surface area contributed by atoms with Crippen LogP contribution in [0.1, 0.15) is 80.9 Å². The third-order valence-corrected chi connectivity index (χ3v) is 10.6. The molecule has 3 N–H and O–H groups in total. The first-order chi connectivity index (χ1) is 27.4. The number of likely N-dealkylation sites (tertiary alicyclic amines) is 1. The van der Waals surface area contributed by atoms with Crippen LogP contribution in [0.15, 0.2) is 72.8 Å². The second kappa shape index (κ2) is 21.6.